The van der Waals surface area contributed by atoms with E-state index in [1.807, 2.05) is 5.38 Å². The Morgan fingerprint density at radius 3 is 3.11 bits per heavy atom. The Morgan fingerprint density at radius 1 is 1.53 bits per heavy atom. The summed E-state index contributed by atoms with van der Waals surface area (Å²) in [4.78, 5) is 22.1. The van der Waals surface area contributed by atoms with E-state index in [2.05, 4.69) is 9.97 Å². The quantitative estimate of drug-likeness (QED) is 0.836. The lowest BCUT2D eigenvalue weighted by Gasteiger charge is -2.31. The van der Waals surface area contributed by atoms with Crippen LogP contribution in [0.1, 0.15) is 27.6 Å². The van der Waals surface area contributed by atoms with Crippen molar-refractivity contribution in [3.8, 4) is 0 Å². The van der Waals surface area contributed by atoms with Gasteiger partial charge in [-0.2, -0.15) is 0 Å². The van der Waals surface area contributed by atoms with Crippen LogP contribution in [-0.2, 0) is 4.74 Å². The van der Waals surface area contributed by atoms with Crippen LogP contribution in [0.3, 0.4) is 0 Å². The Hall–Kier alpha value is -1.73. The summed E-state index contributed by atoms with van der Waals surface area (Å²) < 4.78 is 10.9. The summed E-state index contributed by atoms with van der Waals surface area (Å²) >= 11 is 1.53. The van der Waals surface area contributed by atoms with Crippen molar-refractivity contribution in [2.24, 2.45) is 0 Å². The molecule has 0 N–H and O–H groups in total. The van der Waals surface area contributed by atoms with Gasteiger partial charge in [0.05, 0.1) is 19.3 Å². The molecule has 1 atom stereocenters. The zero-order valence-electron chi connectivity index (χ0n) is 10.4. The van der Waals surface area contributed by atoms with Gasteiger partial charge in [0.2, 0.25) is 0 Å². The number of aryl methyl sites for hydroxylation is 1. The number of carbonyl (C=O) groups excluding carboxylic acids is 1. The summed E-state index contributed by atoms with van der Waals surface area (Å²) in [5, 5.41) is 2.79. The van der Waals surface area contributed by atoms with E-state index in [-0.39, 0.29) is 17.9 Å². The maximum absolute atomic E-state index is 12.2. The second-order valence-corrected chi connectivity index (χ2v) is 5.18. The summed E-state index contributed by atoms with van der Waals surface area (Å²) in [5.74, 6) is 0.573. The first-order valence-electron chi connectivity index (χ1n) is 5.97. The highest BCUT2D eigenvalue weighted by Gasteiger charge is 2.29. The predicted molar refractivity (Wildman–Crippen MR) is 68.0 cm³/mol. The van der Waals surface area contributed by atoms with Crippen molar-refractivity contribution in [3.63, 3.8) is 0 Å². The van der Waals surface area contributed by atoms with Crippen LogP contribution in [0.2, 0.25) is 0 Å². The molecule has 1 aliphatic heterocycles. The van der Waals surface area contributed by atoms with Crippen molar-refractivity contribution >= 4 is 17.2 Å². The minimum absolute atomic E-state index is 0.136. The van der Waals surface area contributed by atoms with E-state index in [1.165, 1.54) is 11.3 Å². The molecular weight excluding hydrogens is 266 g/mol. The predicted octanol–water partition coefficient (Wildman–Crippen LogP) is 1.65. The normalized spacial score (nSPS) is 19.6. The standard InChI is InChI=1S/C12H13N3O3S/c1-8-6-14-10(18-8)12(16)15-3-4-17-9(7-15)11-13-2-5-19-11/h2,5-6,9H,3-4,7H2,1H3. The van der Waals surface area contributed by atoms with Crippen LogP contribution in [-0.4, -0.2) is 40.5 Å². The number of amides is 1. The molecule has 0 radical (unpaired) electrons. The highest BCUT2D eigenvalue weighted by molar-refractivity contribution is 7.09. The van der Waals surface area contributed by atoms with Crippen LogP contribution in [0.15, 0.2) is 22.2 Å². The zero-order valence-corrected chi connectivity index (χ0v) is 11.2. The van der Waals surface area contributed by atoms with Gasteiger partial charge < -0.3 is 14.1 Å². The number of nitrogens with zero attached hydrogens (tertiary/aromatic N) is 3. The van der Waals surface area contributed by atoms with Gasteiger partial charge >= 0.3 is 5.91 Å². The number of carbonyl (C=O) groups is 1. The molecular formula is C12H13N3O3S. The van der Waals surface area contributed by atoms with Gasteiger partial charge in [0, 0.05) is 18.1 Å². The molecule has 1 fully saturated rings. The highest BCUT2D eigenvalue weighted by Crippen LogP contribution is 2.24. The van der Waals surface area contributed by atoms with Gasteiger partial charge in [-0.3, -0.25) is 4.79 Å². The summed E-state index contributed by atoms with van der Waals surface area (Å²) in [5.41, 5.74) is 0. The molecule has 3 heterocycles. The fraction of sp³-hybridized carbons (Fsp3) is 0.417. The minimum atomic E-state index is -0.196. The smallest absolute Gasteiger partial charge is 0.309 e. The Labute approximate surface area is 114 Å². The fourth-order valence-corrected chi connectivity index (χ4v) is 2.64. The van der Waals surface area contributed by atoms with E-state index >= 15 is 0 Å². The van der Waals surface area contributed by atoms with E-state index < -0.39 is 0 Å². The molecule has 0 saturated carbocycles. The van der Waals surface area contributed by atoms with Gasteiger partial charge in [-0.25, -0.2) is 9.97 Å². The molecule has 19 heavy (non-hydrogen) atoms. The summed E-state index contributed by atoms with van der Waals surface area (Å²) in [7, 11) is 0. The average Bonchev–Trinajstić information content (AvgIpc) is 3.09. The van der Waals surface area contributed by atoms with Crippen LogP contribution in [0.4, 0.5) is 0 Å². The third-order valence-electron chi connectivity index (χ3n) is 2.88. The van der Waals surface area contributed by atoms with Crippen molar-refractivity contribution in [1.82, 2.24) is 14.9 Å². The lowest BCUT2D eigenvalue weighted by Crippen LogP contribution is -2.42. The number of oxazole rings is 1. The van der Waals surface area contributed by atoms with Gasteiger partial charge in [-0.15, -0.1) is 11.3 Å². The van der Waals surface area contributed by atoms with E-state index in [1.54, 1.807) is 24.2 Å². The molecule has 0 aliphatic carbocycles. The third kappa shape index (κ3) is 2.52. The SMILES string of the molecule is Cc1cnc(C(=O)N2CCOC(c3nccs3)C2)o1. The number of thiazole rings is 1. The molecule has 2 aromatic rings. The zero-order chi connectivity index (χ0) is 13.2. The van der Waals surface area contributed by atoms with Crippen molar-refractivity contribution in [2.75, 3.05) is 19.7 Å². The van der Waals surface area contributed by atoms with E-state index in [0.29, 0.717) is 25.5 Å². The molecule has 1 aliphatic rings. The van der Waals surface area contributed by atoms with Gasteiger partial charge in [-0.1, -0.05) is 0 Å². The molecule has 0 aromatic carbocycles. The largest absolute Gasteiger partial charge is 0.438 e. The van der Waals surface area contributed by atoms with Crippen molar-refractivity contribution in [2.45, 2.75) is 13.0 Å². The Morgan fingerprint density at radius 2 is 2.42 bits per heavy atom. The molecule has 6 nitrogen and oxygen atoms in total. The first kappa shape index (κ1) is 12.3. The van der Waals surface area contributed by atoms with Gasteiger partial charge in [0.25, 0.3) is 5.89 Å². The molecule has 7 heteroatoms. The molecule has 1 amide bonds. The molecule has 3 rings (SSSR count). The van der Waals surface area contributed by atoms with Gasteiger partial charge in [0.15, 0.2) is 0 Å². The summed E-state index contributed by atoms with van der Waals surface area (Å²) in [6.07, 6.45) is 3.13. The fourth-order valence-electron chi connectivity index (χ4n) is 1.97. The molecule has 1 unspecified atom stereocenters. The average molecular weight is 279 g/mol. The number of rotatable bonds is 2. The maximum atomic E-state index is 12.2. The number of morpholine rings is 1. The molecule has 1 saturated heterocycles. The van der Waals surface area contributed by atoms with E-state index in [4.69, 9.17) is 9.15 Å². The van der Waals surface area contributed by atoms with Crippen LogP contribution in [0.25, 0.3) is 0 Å². The summed E-state index contributed by atoms with van der Waals surface area (Å²) in [6.45, 7) is 3.28. The van der Waals surface area contributed by atoms with Crippen molar-refractivity contribution < 1.29 is 13.9 Å². The monoisotopic (exact) mass is 279 g/mol. The summed E-state index contributed by atoms with van der Waals surface area (Å²) in [6, 6.07) is 0. The van der Waals surface area contributed by atoms with E-state index in [9.17, 15) is 4.79 Å². The molecule has 2 aromatic heterocycles. The van der Waals surface area contributed by atoms with Crippen molar-refractivity contribution in [3.05, 3.63) is 34.4 Å². The maximum Gasteiger partial charge on any atom is 0.309 e. The van der Waals surface area contributed by atoms with Crippen LogP contribution >= 0.6 is 11.3 Å². The number of hydrogen-bond acceptors (Lipinski definition) is 6. The minimum Gasteiger partial charge on any atom is -0.438 e. The second-order valence-electron chi connectivity index (χ2n) is 4.26. The molecule has 100 valence electrons. The van der Waals surface area contributed by atoms with E-state index in [0.717, 1.165) is 5.01 Å². The molecule has 0 spiro atoms. The van der Waals surface area contributed by atoms with Crippen molar-refractivity contribution in [1.29, 1.82) is 0 Å². The third-order valence-corrected chi connectivity index (χ3v) is 3.75. The number of ether oxygens (including phenoxy) is 1. The number of hydrogen-bond donors (Lipinski definition) is 0. The Balaban J connectivity index is 1.73. The van der Waals surface area contributed by atoms with Gasteiger partial charge in [0.1, 0.15) is 16.9 Å². The lowest BCUT2D eigenvalue weighted by atomic mass is 10.2. The van der Waals surface area contributed by atoms with Crippen LogP contribution < -0.4 is 0 Å². The Kier molecular flexibility index (Phi) is 3.31. The first-order valence-corrected chi connectivity index (χ1v) is 6.84. The lowest BCUT2D eigenvalue weighted by molar-refractivity contribution is -0.0241. The van der Waals surface area contributed by atoms with Gasteiger partial charge in [-0.05, 0) is 6.92 Å². The molecule has 0 bridgehead atoms. The van der Waals surface area contributed by atoms with Crippen LogP contribution in [0, 0.1) is 6.92 Å². The highest BCUT2D eigenvalue weighted by atomic mass is 32.1. The number of aromatic nitrogens is 2. The van der Waals surface area contributed by atoms with Crippen LogP contribution in [0.5, 0.6) is 0 Å². The first-order chi connectivity index (χ1) is 9.24. The second kappa shape index (κ2) is 5.10. The topological polar surface area (TPSA) is 68.5 Å². The Bertz CT molecular complexity index is 567.